The molecule has 14 nitrogen and oxygen atoms in total. The molecular formula is C49H64ClN8O6P. The lowest BCUT2D eigenvalue weighted by molar-refractivity contribution is -0.0937. The van der Waals surface area contributed by atoms with Crippen LogP contribution < -0.4 is 9.47 Å². The molecule has 0 aliphatic carbocycles. The van der Waals surface area contributed by atoms with Crippen molar-refractivity contribution in [2.24, 2.45) is 4.99 Å². The van der Waals surface area contributed by atoms with Gasteiger partial charge in [-0.15, -0.1) is 5.10 Å². The number of halogens is 1. The molecule has 1 aliphatic rings. The topological polar surface area (TPSA) is 142 Å². The number of benzene rings is 3. The Morgan fingerprint density at radius 1 is 0.908 bits per heavy atom. The molecule has 6 rings (SSSR count). The van der Waals surface area contributed by atoms with Crippen LogP contribution in [-0.2, 0) is 24.1 Å². The van der Waals surface area contributed by atoms with Crippen LogP contribution >= 0.6 is 20.1 Å². The van der Waals surface area contributed by atoms with Crippen molar-refractivity contribution in [2.45, 2.75) is 116 Å². The number of ether oxygens (including phenoxy) is 4. The van der Waals surface area contributed by atoms with Gasteiger partial charge in [0.2, 0.25) is 5.28 Å². The number of nitriles is 1. The van der Waals surface area contributed by atoms with Gasteiger partial charge >= 0.3 is 0 Å². The van der Waals surface area contributed by atoms with E-state index in [2.05, 4.69) is 79.3 Å². The summed E-state index contributed by atoms with van der Waals surface area (Å²) in [6.45, 7) is 15.0. The van der Waals surface area contributed by atoms with Gasteiger partial charge in [0, 0.05) is 37.8 Å². The Balaban J connectivity index is 1.42. The molecular weight excluding hydrogens is 863 g/mol. The van der Waals surface area contributed by atoms with Gasteiger partial charge in [0.25, 0.3) is 8.53 Å². The smallest absolute Gasteiger partial charge is 0.259 e. The van der Waals surface area contributed by atoms with Gasteiger partial charge in [-0.2, -0.15) is 15.2 Å². The van der Waals surface area contributed by atoms with Gasteiger partial charge in [-0.1, -0.05) is 81.3 Å². The molecule has 5 aromatic rings. The molecule has 3 heterocycles. The summed E-state index contributed by atoms with van der Waals surface area (Å²) in [5, 5.41) is 15.1. The molecule has 16 heteroatoms. The highest BCUT2D eigenvalue weighted by atomic mass is 35.5. The second-order valence-electron chi connectivity index (χ2n) is 16.5. The van der Waals surface area contributed by atoms with Crippen molar-refractivity contribution < 1.29 is 28.0 Å². The van der Waals surface area contributed by atoms with Crippen LogP contribution in [0.4, 0.5) is 5.82 Å². The molecule has 0 spiro atoms. The van der Waals surface area contributed by atoms with Crippen LogP contribution in [0.2, 0.25) is 5.28 Å². The molecule has 65 heavy (non-hydrogen) atoms. The zero-order valence-electron chi connectivity index (χ0n) is 39.0. The highest BCUT2D eigenvalue weighted by Crippen LogP contribution is 2.51. The van der Waals surface area contributed by atoms with E-state index in [4.69, 9.17) is 49.7 Å². The zero-order valence-corrected chi connectivity index (χ0v) is 40.6. The van der Waals surface area contributed by atoms with E-state index >= 15 is 0 Å². The van der Waals surface area contributed by atoms with Gasteiger partial charge in [-0.05, 0) is 93.1 Å². The minimum Gasteiger partial charge on any atom is -0.497 e. The molecule has 0 radical (unpaired) electrons. The SMILES string of the molecule is CCCCN(C=Nc1nc(Cl)nc2nn([C@H]3C[C@H](OP(OCCC#N)N(C(C)C)C(C)C)[C@@H](COC(c4ccccc4)(c4ccc(OC)cc4)c4ccc(OC)cc4)O3)cc12)CCCC. The molecule has 1 saturated heterocycles. The van der Waals surface area contributed by atoms with Crippen molar-refractivity contribution in [1.82, 2.24) is 29.3 Å². The maximum atomic E-state index is 9.47. The number of fused-ring (bicyclic) bond motifs is 1. The number of hydrogen-bond acceptors (Lipinski definition) is 12. The summed E-state index contributed by atoms with van der Waals surface area (Å²) in [6.07, 6.45) is 6.91. The number of unbranched alkanes of at least 4 members (excludes halogenated alkanes) is 2. The van der Waals surface area contributed by atoms with Crippen LogP contribution in [0.5, 0.6) is 11.5 Å². The van der Waals surface area contributed by atoms with E-state index in [1.807, 2.05) is 79.3 Å². The summed E-state index contributed by atoms with van der Waals surface area (Å²) in [4.78, 5) is 16.1. The predicted molar refractivity (Wildman–Crippen MR) is 257 cm³/mol. The molecule has 1 aliphatic heterocycles. The Morgan fingerprint density at radius 2 is 1.51 bits per heavy atom. The van der Waals surface area contributed by atoms with Gasteiger partial charge in [-0.3, -0.25) is 0 Å². The van der Waals surface area contributed by atoms with E-state index in [0.717, 1.165) is 67.0 Å². The molecule has 0 amide bonds. The summed E-state index contributed by atoms with van der Waals surface area (Å²) in [5.74, 6) is 1.88. The van der Waals surface area contributed by atoms with Crippen LogP contribution in [0.3, 0.4) is 0 Å². The summed E-state index contributed by atoms with van der Waals surface area (Å²) in [7, 11) is 1.66. The highest BCUT2D eigenvalue weighted by molar-refractivity contribution is 7.44. The van der Waals surface area contributed by atoms with Crippen molar-refractivity contribution in [3.63, 3.8) is 0 Å². The van der Waals surface area contributed by atoms with Crippen LogP contribution in [-0.4, -0.2) is 100 Å². The van der Waals surface area contributed by atoms with Gasteiger partial charge in [-0.25, -0.2) is 14.3 Å². The minimum absolute atomic E-state index is 0.0559. The molecule has 3 aromatic carbocycles. The number of methoxy groups -OCH3 is 2. The van der Waals surface area contributed by atoms with Gasteiger partial charge in [0.15, 0.2) is 17.7 Å². The number of aliphatic imine (C=N–C) groups is 1. The summed E-state index contributed by atoms with van der Waals surface area (Å²) in [5.41, 5.74) is 1.99. The molecule has 4 atom stereocenters. The fraction of sp³-hybridized carbons (Fsp3) is 0.490. The standard InChI is InChI=1S/C49H64ClN8O6P/c1-9-11-28-56(29-12-10-2)34-52-46-42-32-57(55-47(42)54-48(50)53-46)45-31-43(64-65(62-30-16-27-51)58(35(3)4)36(5)6)44(63-45)33-61-49(37-17-14-13-15-18-37,38-19-23-40(59-7)24-20-38)39-21-25-41(60-8)26-22-39/h13-15,17-26,32,34-36,43-45H,9-12,16,28-31,33H2,1-8H3/t43-,44+,45+,65?/m0/s1. The third kappa shape index (κ3) is 12.4. The Kier molecular flexibility index (Phi) is 18.5. The maximum Gasteiger partial charge on any atom is 0.259 e. The molecule has 0 saturated carbocycles. The number of nitrogens with zero attached hydrogens (tertiary/aromatic N) is 8. The molecule has 2 aromatic heterocycles. The van der Waals surface area contributed by atoms with Crippen molar-refractivity contribution in [2.75, 3.05) is 40.5 Å². The Hall–Kier alpha value is -4.71. The highest BCUT2D eigenvalue weighted by Gasteiger charge is 2.45. The first kappa shape index (κ1) is 49.7. The lowest BCUT2D eigenvalue weighted by atomic mass is 9.80. The summed E-state index contributed by atoms with van der Waals surface area (Å²) >= 11 is 6.50. The van der Waals surface area contributed by atoms with Gasteiger partial charge in [0.1, 0.15) is 23.2 Å². The van der Waals surface area contributed by atoms with Crippen LogP contribution in [0.1, 0.15) is 103 Å². The first-order valence-electron chi connectivity index (χ1n) is 22.6. The van der Waals surface area contributed by atoms with E-state index in [1.165, 1.54) is 0 Å². The van der Waals surface area contributed by atoms with E-state index in [0.29, 0.717) is 23.3 Å². The van der Waals surface area contributed by atoms with Crippen molar-refractivity contribution in [3.8, 4) is 17.6 Å². The molecule has 348 valence electrons. The van der Waals surface area contributed by atoms with Crippen LogP contribution in [0, 0.1) is 11.3 Å². The number of aromatic nitrogens is 4. The quantitative estimate of drug-likeness (QED) is 0.0137. The van der Waals surface area contributed by atoms with Crippen LogP contribution in [0.25, 0.3) is 11.0 Å². The normalized spacial score (nSPS) is 17.1. The van der Waals surface area contributed by atoms with E-state index in [1.54, 1.807) is 18.9 Å². The van der Waals surface area contributed by atoms with E-state index < -0.39 is 32.6 Å². The first-order chi connectivity index (χ1) is 31.5. The number of hydrogen-bond donors (Lipinski definition) is 0. The molecule has 1 fully saturated rings. The fourth-order valence-corrected chi connectivity index (χ4v) is 9.95. The Bertz CT molecular complexity index is 2230. The lowest BCUT2D eigenvalue weighted by Crippen LogP contribution is -2.39. The summed E-state index contributed by atoms with van der Waals surface area (Å²) in [6, 6.07) is 28.4. The lowest BCUT2D eigenvalue weighted by Gasteiger charge is -2.39. The maximum absolute atomic E-state index is 9.47. The second kappa shape index (κ2) is 24.2. The fourth-order valence-electron chi connectivity index (χ4n) is 8.03. The minimum atomic E-state index is -1.65. The van der Waals surface area contributed by atoms with E-state index in [9.17, 15) is 5.26 Å². The molecule has 0 bridgehead atoms. The monoisotopic (exact) mass is 926 g/mol. The van der Waals surface area contributed by atoms with Crippen molar-refractivity contribution in [1.29, 1.82) is 5.26 Å². The zero-order chi connectivity index (χ0) is 46.3. The van der Waals surface area contributed by atoms with Crippen molar-refractivity contribution >= 4 is 43.3 Å². The average Bonchev–Trinajstić information content (AvgIpc) is 3.93. The van der Waals surface area contributed by atoms with E-state index in [-0.39, 0.29) is 37.0 Å². The Labute approximate surface area is 390 Å². The van der Waals surface area contributed by atoms with Gasteiger partial charge in [0.05, 0.1) is 57.8 Å². The van der Waals surface area contributed by atoms with Crippen LogP contribution in [0.15, 0.2) is 90.1 Å². The summed E-state index contributed by atoms with van der Waals surface area (Å²) < 4.78 is 43.1. The number of rotatable bonds is 25. The molecule has 0 N–H and O–H groups in total. The third-order valence-electron chi connectivity index (χ3n) is 11.3. The average molecular weight is 928 g/mol. The van der Waals surface area contributed by atoms with Crippen molar-refractivity contribution in [3.05, 3.63) is 107 Å². The first-order valence-corrected chi connectivity index (χ1v) is 24.1. The third-order valence-corrected chi connectivity index (χ3v) is 13.6. The molecule has 1 unspecified atom stereocenters. The Morgan fingerprint density at radius 3 is 2.06 bits per heavy atom. The second-order valence-corrected chi connectivity index (χ2v) is 18.3. The van der Waals surface area contributed by atoms with Gasteiger partial charge < -0.3 is 32.9 Å². The predicted octanol–water partition coefficient (Wildman–Crippen LogP) is 11.0. The largest absolute Gasteiger partial charge is 0.497 e.